The molecule has 4 rings (SSSR count). The predicted molar refractivity (Wildman–Crippen MR) is 157 cm³/mol. The van der Waals surface area contributed by atoms with E-state index in [0.717, 1.165) is 37.3 Å². The number of amides is 1. The number of likely N-dealkylation sites (tertiary alicyclic amines) is 1. The Morgan fingerprint density at radius 2 is 2.00 bits per heavy atom. The second kappa shape index (κ2) is 11.9. The van der Waals surface area contributed by atoms with Crippen molar-refractivity contribution in [3.8, 4) is 0 Å². The summed E-state index contributed by atoms with van der Waals surface area (Å²) in [5, 5.41) is 0.760. The van der Waals surface area contributed by atoms with E-state index in [1.807, 2.05) is 37.9 Å². The Labute approximate surface area is 233 Å². The van der Waals surface area contributed by atoms with E-state index in [9.17, 15) is 4.79 Å². The number of halogens is 1. The Morgan fingerprint density at radius 3 is 2.68 bits per heavy atom. The molecule has 0 radical (unpaired) electrons. The van der Waals surface area contributed by atoms with Gasteiger partial charge in [-0.3, -0.25) is 0 Å². The third kappa shape index (κ3) is 6.58. The van der Waals surface area contributed by atoms with Gasteiger partial charge in [0.1, 0.15) is 5.60 Å². The van der Waals surface area contributed by atoms with Crippen LogP contribution in [0.1, 0.15) is 63.5 Å². The highest BCUT2D eigenvalue weighted by molar-refractivity contribution is 6.30. The Morgan fingerprint density at radius 1 is 1.26 bits per heavy atom. The van der Waals surface area contributed by atoms with E-state index >= 15 is 0 Å². The number of piperidine rings is 1. The molecule has 38 heavy (non-hydrogen) atoms. The number of carbonyl (C=O) groups excluding carboxylic acids is 1. The molecule has 1 fully saturated rings. The van der Waals surface area contributed by atoms with Crippen LogP contribution in [-0.4, -0.2) is 66.2 Å². The van der Waals surface area contributed by atoms with Crippen LogP contribution in [0.2, 0.25) is 5.02 Å². The first-order valence-corrected chi connectivity index (χ1v) is 14.1. The number of rotatable bonds is 6. The molecule has 206 valence electrons. The van der Waals surface area contributed by atoms with Gasteiger partial charge in [0.2, 0.25) is 0 Å². The first-order chi connectivity index (χ1) is 18.1. The fourth-order valence-electron chi connectivity index (χ4n) is 6.09. The lowest BCUT2D eigenvalue weighted by Crippen LogP contribution is -2.46. The van der Waals surface area contributed by atoms with E-state index in [1.165, 1.54) is 22.3 Å². The van der Waals surface area contributed by atoms with Gasteiger partial charge in [0, 0.05) is 57.1 Å². The maximum Gasteiger partial charge on any atom is 0.410 e. The van der Waals surface area contributed by atoms with Gasteiger partial charge in [0.05, 0.1) is 6.04 Å². The number of likely N-dealkylation sites (N-methyl/N-ethyl adjacent to an activating group) is 1. The molecule has 1 amide bonds. The summed E-state index contributed by atoms with van der Waals surface area (Å²) >= 11 is 6.53. The Hall–Kier alpha value is -2.86. The molecule has 1 saturated heterocycles. The Bertz CT molecular complexity index is 1130. The third-order valence-electron chi connectivity index (χ3n) is 7.80. The number of fused-ring (bicyclic) bond motifs is 2. The highest BCUT2D eigenvalue weighted by Crippen LogP contribution is 2.47. The summed E-state index contributed by atoms with van der Waals surface area (Å²) in [6.07, 6.45) is 16.2. The van der Waals surface area contributed by atoms with Gasteiger partial charge in [0.15, 0.2) is 0 Å². The SMILES string of the molecule is CN(/C=C\N)CCCC1=Cc2cc(Cl)ccc2C(C2CCN(C(=O)OC(C)(C)C)CC2)C2C1=CC=CN2C. The number of nitrogens with two attached hydrogens (primary N) is 1. The molecule has 6 nitrogen and oxygen atoms in total. The van der Waals surface area contributed by atoms with E-state index in [-0.39, 0.29) is 12.1 Å². The van der Waals surface area contributed by atoms with Gasteiger partial charge < -0.3 is 25.2 Å². The second-order valence-electron chi connectivity index (χ2n) is 11.8. The van der Waals surface area contributed by atoms with Gasteiger partial charge >= 0.3 is 6.09 Å². The van der Waals surface area contributed by atoms with E-state index in [0.29, 0.717) is 24.9 Å². The maximum atomic E-state index is 12.7. The van der Waals surface area contributed by atoms with Gasteiger partial charge in [-0.15, -0.1) is 0 Å². The van der Waals surface area contributed by atoms with E-state index in [1.54, 1.807) is 6.20 Å². The highest BCUT2D eigenvalue weighted by atomic mass is 35.5. The minimum atomic E-state index is -0.484. The van der Waals surface area contributed by atoms with Gasteiger partial charge in [-0.25, -0.2) is 4.79 Å². The Kier molecular flexibility index (Phi) is 8.81. The van der Waals surface area contributed by atoms with Gasteiger partial charge in [-0.2, -0.15) is 0 Å². The number of carbonyl (C=O) groups is 1. The lowest BCUT2D eigenvalue weighted by atomic mass is 9.72. The van der Waals surface area contributed by atoms with Crippen molar-refractivity contribution in [1.29, 1.82) is 0 Å². The maximum absolute atomic E-state index is 12.7. The first kappa shape index (κ1) is 28.2. The molecule has 2 N–H and O–H groups in total. The second-order valence-corrected chi connectivity index (χ2v) is 12.2. The van der Waals surface area contributed by atoms with Crippen LogP contribution >= 0.6 is 11.6 Å². The van der Waals surface area contributed by atoms with Crippen molar-refractivity contribution >= 4 is 23.8 Å². The summed E-state index contributed by atoms with van der Waals surface area (Å²) in [6, 6.07) is 6.60. The average molecular weight is 539 g/mol. The smallest absolute Gasteiger partial charge is 0.410 e. The zero-order chi connectivity index (χ0) is 27.4. The zero-order valence-electron chi connectivity index (χ0n) is 23.5. The Balaban J connectivity index is 1.62. The number of ether oxygens (including phenoxy) is 1. The number of nitrogens with zero attached hydrogens (tertiary/aromatic N) is 3. The van der Waals surface area contributed by atoms with Crippen molar-refractivity contribution in [1.82, 2.24) is 14.7 Å². The number of benzene rings is 1. The third-order valence-corrected chi connectivity index (χ3v) is 8.03. The van der Waals surface area contributed by atoms with Crippen LogP contribution < -0.4 is 5.73 Å². The van der Waals surface area contributed by atoms with Crippen LogP contribution in [0.4, 0.5) is 4.79 Å². The molecule has 2 atom stereocenters. The van der Waals surface area contributed by atoms with Gasteiger partial charge in [-0.05, 0) is 99.1 Å². The van der Waals surface area contributed by atoms with Crippen molar-refractivity contribution in [2.75, 3.05) is 33.7 Å². The molecule has 0 spiro atoms. The standard InChI is InChI=1S/C31H43ClN4O2/c1-31(2,3)38-30(37)36-17-12-22(13-18-36)28-26-11-10-25(32)21-24(26)20-23(8-6-15-34(4)19-14-33)27-9-7-16-35(5)29(27)28/h7,9-11,14,16,19-22,28-29H,6,8,12-13,15,17-18,33H2,1-5H3/b19-14-. The van der Waals surface area contributed by atoms with Crippen LogP contribution in [-0.2, 0) is 4.74 Å². The molecule has 7 heteroatoms. The van der Waals surface area contributed by atoms with Crippen LogP contribution in [0.3, 0.4) is 0 Å². The molecule has 1 aliphatic carbocycles. The van der Waals surface area contributed by atoms with Crippen molar-refractivity contribution in [3.63, 3.8) is 0 Å². The monoisotopic (exact) mass is 538 g/mol. The lowest BCUT2D eigenvalue weighted by molar-refractivity contribution is 0.0165. The molecular formula is C31H43ClN4O2. The van der Waals surface area contributed by atoms with Crippen molar-refractivity contribution in [2.45, 2.75) is 64.0 Å². The molecule has 2 aliphatic heterocycles. The lowest BCUT2D eigenvalue weighted by Gasteiger charge is -2.44. The molecule has 1 aromatic rings. The number of allylic oxidation sites excluding steroid dienone is 2. The summed E-state index contributed by atoms with van der Waals surface area (Å²) in [5.41, 5.74) is 10.4. The van der Waals surface area contributed by atoms with Crippen LogP contribution in [0.25, 0.3) is 6.08 Å². The van der Waals surface area contributed by atoms with Crippen molar-refractivity contribution < 1.29 is 9.53 Å². The quantitative estimate of drug-likeness (QED) is 0.456. The summed E-state index contributed by atoms with van der Waals surface area (Å²) in [5.74, 6) is 0.727. The fourth-order valence-corrected chi connectivity index (χ4v) is 6.27. The molecule has 3 aliphatic rings. The summed E-state index contributed by atoms with van der Waals surface area (Å²) in [6.45, 7) is 8.12. The fraction of sp³-hybridized carbons (Fsp3) is 0.516. The molecular weight excluding hydrogens is 496 g/mol. The molecule has 0 aromatic heterocycles. The molecule has 2 unspecified atom stereocenters. The summed E-state index contributed by atoms with van der Waals surface area (Å²) in [4.78, 5) is 19.1. The van der Waals surface area contributed by atoms with Crippen molar-refractivity contribution in [2.24, 2.45) is 11.7 Å². The minimum Gasteiger partial charge on any atom is -0.444 e. The summed E-state index contributed by atoms with van der Waals surface area (Å²) in [7, 11) is 4.24. The van der Waals surface area contributed by atoms with E-state index < -0.39 is 5.60 Å². The predicted octanol–water partition coefficient (Wildman–Crippen LogP) is 6.36. The minimum absolute atomic E-state index is 0.208. The summed E-state index contributed by atoms with van der Waals surface area (Å²) < 4.78 is 5.66. The molecule has 0 bridgehead atoms. The largest absolute Gasteiger partial charge is 0.444 e. The van der Waals surface area contributed by atoms with E-state index in [2.05, 4.69) is 60.5 Å². The number of hydrogen-bond acceptors (Lipinski definition) is 5. The normalized spacial score (nSPS) is 21.9. The van der Waals surface area contributed by atoms with Crippen LogP contribution in [0, 0.1) is 5.92 Å². The van der Waals surface area contributed by atoms with Crippen LogP contribution in [0.15, 0.2) is 60.1 Å². The first-order valence-electron chi connectivity index (χ1n) is 13.7. The molecule has 1 aromatic carbocycles. The van der Waals surface area contributed by atoms with Gasteiger partial charge in [-0.1, -0.05) is 29.8 Å². The average Bonchev–Trinajstić information content (AvgIpc) is 2.98. The van der Waals surface area contributed by atoms with Gasteiger partial charge in [0.25, 0.3) is 0 Å². The number of hydrogen-bond donors (Lipinski definition) is 1. The topological polar surface area (TPSA) is 62.0 Å². The van der Waals surface area contributed by atoms with Crippen LogP contribution in [0.5, 0.6) is 0 Å². The zero-order valence-corrected chi connectivity index (χ0v) is 24.2. The highest BCUT2D eigenvalue weighted by Gasteiger charge is 2.41. The van der Waals surface area contributed by atoms with E-state index in [4.69, 9.17) is 22.1 Å². The molecule has 2 heterocycles. The van der Waals surface area contributed by atoms with Crippen molar-refractivity contribution in [3.05, 3.63) is 76.2 Å². The molecule has 0 saturated carbocycles.